The van der Waals surface area contributed by atoms with Gasteiger partial charge in [0.15, 0.2) is 5.60 Å². The lowest BCUT2D eigenvalue weighted by Crippen LogP contribution is -2.52. The van der Waals surface area contributed by atoms with Crippen LogP contribution in [0.1, 0.15) is 37.3 Å². The molecule has 2 saturated heterocycles. The number of amides is 4. The van der Waals surface area contributed by atoms with Gasteiger partial charge in [0.2, 0.25) is 18.7 Å². The van der Waals surface area contributed by atoms with Gasteiger partial charge >= 0.3 is 0 Å². The highest BCUT2D eigenvalue weighted by atomic mass is 28.3. The van der Waals surface area contributed by atoms with E-state index in [2.05, 4.69) is 32.2 Å². The molecule has 11 nitrogen and oxygen atoms in total. The third kappa shape index (κ3) is 7.42. The number of hydrogen-bond acceptors (Lipinski definition) is 7. The summed E-state index contributed by atoms with van der Waals surface area (Å²) in [7, 11) is -0.971. The Morgan fingerprint density at radius 3 is 2.08 bits per heavy atom. The number of methoxy groups -OCH3 is 1. The van der Waals surface area contributed by atoms with Crippen LogP contribution in [-0.2, 0) is 36.1 Å². The van der Waals surface area contributed by atoms with Gasteiger partial charge in [-0.05, 0) is 90.7 Å². The third-order valence-electron chi connectivity index (χ3n) is 13.2. The van der Waals surface area contributed by atoms with Gasteiger partial charge in [0.1, 0.15) is 5.75 Å². The molecule has 5 aromatic carbocycles. The zero-order valence-corrected chi connectivity index (χ0v) is 36.0. The molecule has 1 N–H and O–H groups in total. The second-order valence-electron chi connectivity index (χ2n) is 16.8. The molecule has 61 heavy (non-hydrogen) atoms. The average molecular weight is 837 g/mol. The van der Waals surface area contributed by atoms with E-state index in [0.29, 0.717) is 40.5 Å². The van der Waals surface area contributed by atoms with Gasteiger partial charge in [0.05, 0.1) is 52.6 Å². The van der Waals surface area contributed by atoms with Crippen LogP contribution in [0.4, 0.5) is 28.4 Å². The highest BCUT2D eigenvalue weighted by molar-refractivity contribution is 6.91. The molecule has 0 aromatic heterocycles. The molecule has 3 heterocycles. The largest absolute Gasteiger partial charge is 0.497 e. The first-order chi connectivity index (χ1) is 29.5. The van der Waals surface area contributed by atoms with Crippen LogP contribution in [0.2, 0.25) is 18.6 Å². The lowest BCUT2D eigenvalue weighted by Gasteiger charge is -2.37. The van der Waals surface area contributed by atoms with Gasteiger partial charge in [-0.1, -0.05) is 85.9 Å². The summed E-state index contributed by atoms with van der Waals surface area (Å²) >= 11 is 0. The normalized spacial score (nSPS) is 22.0. The number of hydrogen-bond donors (Lipinski definition) is 1. The molecular weight excluding hydrogens is 785 g/mol. The minimum atomic E-state index is -2.61. The first-order valence-electron chi connectivity index (χ1n) is 20.9. The predicted molar refractivity (Wildman–Crippen MR) is 239 cm³/mol. The molecule has 3 aliphatic rings. The number of anilines is 5. The zero-order valence-electron chi connectivity index (χ0n) is 35.0. The molecule has 5 aromatic rings. The Bertz CT molecular complexity index is 2400. The summed E-state index contributed by atoms with van der Waals surface area (Å²) in [5.41, 5.74) is 2.95. The van der Waals surface area contributed by atoms with Crippen LogP contribution in [0.15, 0.2) is 127 Å². The van der Waals surface area contributed by atoms with Crippen LogP contribution in [-0.4, -0.2) is 75.1 Å². The molecule has 0 aliphatic carbocycles. The van der Waals surface area contributed by atoms with Crippen molar-refractivity contribution >= 4 is 66.3 Å². The van der Waals surface area contributed by atoms with Crippen molar-refractivity contribution in [2.75, 3.05) is 35.0 Å². The average Bonchev–Trinajstić information content (AvgIpc) is 3.95. The zero-order chi connectivity index (χ0) is 42.9. The van der Waals surface area contributed by atoms with E-state index >= 15 is 4.79 Å². The second-order valence-corrected chi connectivity index (χ2v) is 21.5. The first-order valence-corrected chi connectivity index (χ1v) is 24.0. The molecule has 0 unspecified atom stereocenters. The number of aliphatic hydroxyl groups is 1. The summed E-state index contributed by atoms with van der Waals surface area (Å²) in [4.78, 5) is 62.0. The Morgan fingerprint density at radius 2 is 1.48 bits per heavy atom. The standard InChI is InChI=1S/C49H52N4O7Si/c1-34-47(61(3,4)42-23-21-41(59-2)22-24-42)45(29-46(57)50-26-12-19-40(50)31-54)60-49(34)43-28-39(53(33-56)37-16-9-6-10-17-37)20-25-44(43)51(48(49)58)30-35-13-11-18-38(27-35)52(32-55)36-14-7-5-8-15-36/h5-11,13-18,20-25,27-28,32-34,40,45,47,54H,12,19,26,29-31H2,1-4H3/t34-,40+,45+,47-,49+/m1/s1. The molecular formula is C49H52N4O7Si. The molecule has 4 amide bonds. The molecule has 0 bridgehead atoms. The summed E-state index contributed by atoms with van der Waals surface area (Å²) in [5, 5.41) is 11.3. The molecule has 8 rings (SSSR count). The van der Waals surface area contributed by atoms with Crippen molar-refractivity contribution in [3.8, 4) is 5.75 Å². The fraction of sp³-hybridized carbons (Fsp3) is 0.306. The van der Waals surface area contributed by atoms with E-state index in [0.717, 1.165) is 42.2 Å². The van der Waals surface area contributed by atoms with Crippen molar-refractivity contribution < 1.29 is 33.8 Å². The van der Waals surface area contributed by atoms with E-state index in [-0.39, 0.29) is 43.0 Å². The van der Waals surface area contributed by atoms with Crippen molar-refractivity contribution in [3.05, 3.63) is 139 Å². The predicted octanol–water partition coefficient (Wildman–Crippen LogP) is 7.42. The first kappa shape index (κ1) is 41.6. The monoisotopic (exact) mass is 836 g/mol. The van der Waals surface area contributed by atoms with E-state index in [1.54, 1.807) is 26.7 Å². The van der Waals surface area contributed by atoms with Gasteiger partial charge in [0, 0.05) is 40.8 Å². The number of likely N-dealkylation sites (tertiary alicyclic amines) is 1. The summed E-state index contributed by atoms with van der Waals surface area (Å²) in [6.07, 6.45) is 2.51. The minimum Gasteiger partial charge on any atom is -0.497 e. The number of benzene rings is 5. The number of nitrogens with zero attached hydrogens (tertiary/aromatic N) is 4. The van der Waals surface area contributed by atoms with Crippen LogP contribution in [0, 0.1) is 5.92 Å². The maximum Gasteiger partial charge on any atom is 0.264 e. The van der Waals surface area contributed by atoms with E-state index in [4.69, 9.17) is 9.47 Å². The van der Waals surface area contributed by atoms with Crippen LogP contribution in [0.5, 0.6) is 5.75 Å². The quantitative estimate of drug-likeness (QED) is 0.0914. The Labute approximate surface area is 358 Å². The molecule has 0 saturated carbocycles. The van der Waals surface area contributed by atoms with Crippen molar-refractivity contribution in [2.45, 2.75) is 69.1 Å². The maximum atomic E-state index is 15.7. The third-order valence-corrected chi connectivity index (χ3v) is 17.6. The van der Waals surface area contributed by atoms with Gasteiger partial charge in [-0.25, -0.2) is 0 Å². The number of para-hydroxylation sites is 2. The fourth-order valence-electron chi connectivity index (χ4n) is 10.2. The minimum absolute atomic E-state index is 0.0513. The molecule has 0 radical (unpaired) electrons. The Morgan fingerprint density at radius 1 is 0.852 bits per heavy atom. The van der Waals surface area contributed by atoms with Crippen molar-refractivity contribution in [3.63, 3.8) is 0 Å². The van der Waals surface area contributed by atoms with Gasteiger partial charge in [0.25, 0.3) is 5.91 Å². The van der Waals surface area contributed by atoms with Gasteiger partial charge in [-0.3, -0.25) is 29.0 Å². The Kier molecular flexibility index (Phi) is 11.7. The number of fused-ring (bicyclic) bond motifs is 2. The summed E-state index contributed by atoms with van der Waals surface area (Å²) < 4.78 is 12.9. The maximum absolute atomic E-state index is 15.7. The van der Waals surface area contributed by atoms with Gasteiger partial charge in [-0.15, -0.1) is 0 Å². The fourth-order valence-corrected chi connectivity index (χ4v) is 14.2. The molecule has 314 valence electrons. The highest BCUT2D eigenvalue weighted by Crippen LogP contribution is 2.61. The molecule has 2 fully saturated rings. The van der Waals surface area contributed by atoms with E-state index in [1.165, 1.54) is 0 Å². The summed E-state index contributed by atoms with van der Waals surface area (Å²) in [6.45, 7) is 7.26. The highest BCUT2D eigenvalue weighted by Gasteiger charge is 2.66. The van der Waals surface area contributed by atoms with Crippen molar-refractivity contribution in [1.82, 2.24) is 4.90 Å². The number of aliphatic hydroxyl groups excluding tert-OH is 1. The number of carbonyl (C=O) groups excluding carboxylic acids is 4. The van der Waals surface area contributed by atoms with E-state index in [9.17, 15) is 19.5 Å². The summed E-state index contributed by atoms with van der Waals surface area (Å²) in [5.74, 6) is -0.0251. The van der Waals surface area contributed by atoms with E-state index in [1.807, 2.05) is 115 Å². The van der Waals surface area contributed by atoms with Gasteiger partial charge in [-0.2, -0.15) is 0 Å². The topological polar surface area (TPSA) is 120 Å². The molecule has 5 atom stereocenters. The number of ether oxygens (including phenoxy) is 2. The lowest BCUT2D eigenvalue weighted by atomic mass is 9.82. The van der Waals surface area contributed by atoms with Crippen LogP contribution in [0.25, 0.3) is 0 Å². The van der Waals surface area contributed by atoms with E-state index < -0.39 is 25.7 Å². The van der Waals surface area contributed by atoms with Crippen LogP contribution in [0.3, 0.4) is 0 Å². The lowest BCUT2D eigenvalue weighted by molar-refractivity contribution is -0.150. The van der Waals surface area contributed by atoms with Crippen molar-refractivity contribution in [2.24, 2.45) is 5.92 Å². The number of carbonyl (C=O) groups is 4. The Balaban J connectivity index is 1.25. The van der Waals surface area contributed by atoms with Gasteiger partial charge < -0.3 is 24.4 Å². The molecule has 12 heteroatoms. The smallest absolute Gasteiger partial charge is 0.264 e. The van der Waals surface area contributed by atoms with Crippen molar-refractivity contribution in [1.29, 1.82) is 0 Å². The SMILES string of the molecule is COc1ccc([Si](C)(C)[C@H]2[C@H](CC(=O)N3CCC[C@H]3CO)O[C@@]3(C(=O)N(Cc4cccc(N(C=O)c5ccccc5)c4)c4ccc(N(C=O)c5ccccc5)cc43)[C@@H]2C)cc1. The van der Waals surface area contributed by atoms with Crippen LogP contribution >= 0.6 is 0 Å². The number of rotatable bonds is 14. The summed E-state index contributed by atoms with van der Waals surface area (Å²) in [6, 6.07) is 39.7. The van der Waals surface area contributed by atoms with Crippen LogP contribution < -0.4 is 24.6 Å². The Hall–Kier alpha value is -6.08. The molecule has 3 aliphatic heterocycles. The second kappa shape index (κ2) is 17.1. The molecule has 1 spiro atoms.